The Kier molecular flexibility index (Phi) is 11.3. The van der Waals surface area contributed by atoms with Crippen molar-refractivity contribution in [1.82, 2.24) is 5.32 Å². The van der Waals surface area contributed by atoms with Gasteiger partial charge < -0.3 is 5.32 Å². The molecule has 0 amide bonds. The van der Waals surface area contributed by atoms with Gasteiger partial charge in [0.05, 0.1) is 0 Å². The van der Waals surface area contributed by atoms with Gasteiger partial charge in [0.25, 0.3) is 0 Å². The van der Waals surface area contributed by atoms with Crippen LogP contribution in [-0.2, 0) is 21.0 Å². The molecular formula is C26H36FNO3PS+. The molecule has 0 spiro atoms. The molecule has 2 N–H and O–H groups in total. The molecule has 1 atom stereocenters. The summed E-state index contributed by atoms with van der Waals surface area (Å²) in [5.41, 5.74) is 2.80. The third-order valence-electron chi connectivity index (χ3n) is 6.54. The van der Waals surface area contributed by atoms with Crippen molar-refractivity contribution in [2.45, 2.75) is 74.6 Å². The Morgan fingerprint density at radius 3 is 2.42 bits per heavy atom. The van der Waals surface area contributed by atoms with Crippen LogP contribution in [0.15, 0.2) is 53.4 Å². The molecule has 1 aliphatic rings. The quantitative estimate of drug-likeness (QED) is 0.167. The van der Waals surface area contributed by atoms with Crippen molar-refractivity contribution in [2.75, 3.05) is 18.9 Å². The lowest BCUT2D eigenvalue weighted by Crippen LogP contribution is -2.29. The van der Waals surface area contributed by atoms with E-state index in [4.69, 9.17) is 4.89 Å². The van der Waals surface area contributed by atoms with Crippen LogP contribution in [-0.4, -0.2) is 23.8 Å². The highest BCUT2D eigenvalue weighted by Gasteiger charge is 2.33. The summed E-state index contributed by atoms with van der Waals surface area (Å²) in [7, 11) is -2.49. The van der Waals surface area contributed by atoms with Gasteiger partial charge >= 0.3 is 8.25 Å². The van der Waals surface area contributed by atoms with E-state index in [1.807, 2.05) is 23.9 Å². The van der Waals surface area contributed by atoms with Crippen LogP contribution >= 0.6 is 20.0 Å². The van der Waals surface area contributed by atoms with Crippen LogP contribution in [0.3, 0.4) is 0 Å². The van der Waals surface area contributed by atoms with Gasteiger partial charge in [-0.25, -0.2) is 4.39 Å². The average molecular weight is 493 g/mol. The topological polar surface area (TPSA) is 58.6 Å². The normalized spacial score (nSPS) is 16.0. The third kappa shape index (κ3) is 9.11. The van der Waals surface area contributed by atoms with Crippen LogP contribution in [0.25, 0.3) is 0 Å². The van der Waals surface area contributed by atoms with Crippen molar-refractivity contribution >= 4 is 20.0 Å². The first kappa shape index (κ1) is 26.3. The predicted octanol–water partition coefficient (Wildman–Crippen LogP) is 7.14. The SMILES string of the molecule is O=[P+](O)OCCCNCc1ccc(SCCCCC2(c3ccc(F)cc3)CCCCC2)cc1. The van der Waals surface area contributed by atoms with Crippen molar-refractivity contribution < 1.29 is 18.4 Å². The van der Waals surface area contributed by atoms with Gasteiger partial charge in [0, 0.05) is 16.0 Å². The fourth-order valence-electron chi connectivity index (χ4n) is 4.75. The molecule has 33 heavy (non-hydrogen) atoms. The molecule has 0 aliphatic heterocycles. The zero-order valence-electron chi connectivity index (χ0n) is 19.3. The minimum atomic E-state index is -2.49. The molecule has 180 valence electrons. The molecule has 2 aromatic carbocycles. The minimum absolute atomic E-state index is 0.144. The van der Waals surface area contributed by atoms with Crippen molar-refractivity contribution in [3.8, 4) is 0 Å². The number of benzene rings is 2. The zero-order chi connectivity index (χ0) is 23.4. The second kappa shape index (κ2) is 14.2. The number of hydrogen-bond acceptors (Lipinski definition) is 4. The first-order valence-corrected chi connectivity index (χ1v) is 14.2. The van der Waals surface area contributed by atoms with Crippen molar-refractivity contribution in [3.05, 3.63) is 65.5 Å². The van der Waals surface area contributed by atoms with Crippen LogP contribution in [0, 0.1) is 5.82 Å². The number of nitrogens with one attached hydrogen (secondary N) is 1. The molecule has 1 saturated carbocycles. The summed E-state index contributed by atoms with van der Waals surface area (Å²) in [5, 5.41) is 3.32. The maximum atomic E-state index is 13.4. The second-order valence-electron chi connectivity index (χ2n) is 8.90. The van der Waals surface area contributed by atoms with E-state index >= 15 is 0 Å². The smallest absolute Gasteiger partial charge is 0.313 e. The summed E-state index contributed by atoms with van der Waals surface area (Å²) in [5.74, 6) is 0.971. The molecule has 0 aromatic heterocycles. The van der Waals surface area contributed by atoms with Crippen LogP contribution < -0.4 is 5.32 Å². The number of unbranched alkanes of at least 4 members (excludes halogenated alkanes) is 1. The Morgan fingerprint density at radius 2 is 1.73 bits per heavy atom. The van der Waals surface area contributed by atoms with E-state index in [2.05, 4.69) is 34.1 Å². The van der Waals surface area contributed by atoms with Crippen molar-refractivity contribution in [2.24, 2.45) is 0 Å². The largest absolute Gasteiger partial charge is 0.694 e. The monoisotopic (exact) mass is 492 g/mol. The van der Waals surface area contributed by atoms with Gasteiger partial charge in [-0.05, 0) is 85.2 Å². The summed E-state index contributed by atoms with van der Waals surface area (Å²) in [6.07, 6.45) is 10.7. The Bertz CT molecular complexity index is 842. The first-order valence-electron chi connectivity index (χ1n) is 12.0. The predicted molar refractivity (Wildman–Crippen MR) is 134 cm³/mol. The molecule has 1 aliphatic carbocycles. The lowest BCUT2D eigenvalue weighted by atomic mass is 9.67. The molecule has 0 bridgehead atoms. The molecule has 7 heteroatoms. The van der Waals surface area contributed by atoms with Crippen LogP contribution in [0.2, 0.25) is 0 Å². The van der Waals surface area contributed by atoms with E-state index < -0.39 is 8.25 Å². The summed E-state index contributed by atoms with van der Waals surface area (Å²) < 4.78 is 28.5. The zero-order valence-corrected chi connectivity index (χ0v) is 21.0. The van der Waals surface area contributed by atoms with Gasteiger partial charge in [-0.15, -0.1) is 21.2 Å². The number of halogens is 1. The summed E-state index contributed by atoms with van der Waals surface area (Å²) in [6, 6.07) is 15.9. The Balaban J connectivity index is 1.35. The second-order valence-corrected chi connectivity index (χ2v) is 10.8. The van der Waals surface area contributed by atoms with E-state index in [1.165, 1.54) is 67.4 Å². The standard InChI is InChI=1S/C26H35FNO3PS/c27-24-11-9-23(10-12-24)26(15-2-1-3-16-26)17-4-5-20-33-25-13-7-22(8-14-25)21-28-18-6-19-31-32(29)30/h7-14,28H,1-6,15-21H2/p+1. The molecular weight excluding hydrogens is 456 g/mol. The molecule has 2 aromatic rings. The highest BCUT2D eigenvalue weighted by atomic mass is 32.2. The third-order valence-corrected chi connectivity index (χ3v) is 8.04. The van der Waals surface area contributed by atoms with Gasteiger partial charge in [0.15, 0.2) is 0 Å². The van der Waals surface area contributed by atoms with E-state index in [-0.39, 0.29) is 11.2 Å². The lowest BCUT2D eigenvalue weighted by Gasteiger charge is -2.38. The minimum Gasteiger partial charge on any atom is -0.313 e. The van der Waals surface area contributed by atoms with Crippen molar-refractivity contribution in [3.63, 3.8) is 0 Å². The Morgan fingerprint density at radius 1 is 1.00 bits per heavy atom. The van der Waals surface area contributed by atoms with Crippen molar-refractivity contribution in [1.29, 1.82) is 0 Å². The lowest BCUT2D eigenvalue weighted by molar-refractivity contribution is 0.267. The van der Waals surface area contributed by atoms with Gasteiger partial charge in [-0.1, -0.05) is 49.9 Å². The van der Waals surface area contributed by atoms with E-state index in [0.717, 1.165) is 18.8 Å². The van der Waals surface area contributed by atoms with E-state index in [9.17, 15) is 8.96 Å². The summed E-state index contributed by atoms with van der Waals surface area (Å²) in [4.78, 5) is 9.88. The number of rotatable bonds is 14. The first-order chi connectivity index (χ1) is 16.1. The highest BCUT2D eigenvalue weighted by molar-refractivity contribution is 7.99. The number of hydrogen-bond donors (Lipinski definition) is 2. The average Bonchev–Trinajstić information content (AvgIpc) is 2.83. The molecule has 0 radical (unpaired) electrons. The number of thioether (sulfide) groups is 1. The van der Waals surface area contributed by atoms with Crippen LogP contribution in [0.5, 0.6) is 0 Å². The maximum Gasteiger partial charge on any atom is 0.694 e. The van der Waals surface area contributed by atoms with E-state index in [1.54, 1.807) is 12.1 Å². The Hall–Kier alpha value is -1.30. The van der Waals surface area contributed by atoms with E-state index in [0.29, 0.717) is 13.0 Å². The molecule has 3 rings (SSSR count). The molecule has 4 nitrogen and oxygen atoms in total. The van der Waals surface area contributed by atoms with Gasteiger partial charge in [-0.3, -0.25) is 0 Å². The molecule has 1 unspecified atom stereocenters. The fraction of sp³-hybridized carbons (Fsp3) is 0.538. The summed E-state index contributed by atoms with van der Waals surface area (Å²) in [6.45, 7) is 1.82. The fourth-order valence-corrected chi connectivity index (χ4v) is 5.94. The van der Waals surface area contributed by atoms with Gasteiger partial charge in [0.1, 0.15) is 12.4 Å². The highest BCUT2D eigenvalue weighted by Crippen LogP contribution is 2.43. The van der Waals surface area contributed by atoms with Crippen LogP contribution in [0.4, 0.5) is 4.39 Å². The maximum absolute atomic E-state index is 13.4. The molecule has 1 fully saturated rings. The van der Waals surface area contributed by atoms with Crippen LogP contribution in [0.1, 0.15) is 68.9 Å². The van der Waals surface area contributed by atoms with Gasteiger partial charge in [-0.2, -0.15) is 0 Å². The molecule has 0 saturated heterocycles. The molecule has 0 heterocycles. The summed E-state index contributed by atoms with van der Waals surface area (Å²) >= 11 is 1.91. The van der Waals surface area contributed by atoms with Gasteiger partial charge in [0.2, 0.25) is 0 Å². The Labute approximate surface area is 202 Å².